The van der Waals surface area contributed by atoms with E-state index in [9.17, 15) is 0 Å². The highest BCUT2D eigenvalue weighted by Crippen LogP contribution is 2.25. The van der Waals surface area contributed by atoms with Crippen LogP contribution < -0.4 is 5.32 Å². The maximum Gasteiger partial charge on any atom is 0.0408 e. The largest absolute Gasteiger partial charge is 0.313 e. The number of halogens is 1. The first kappa shape index (κ1) is 10.0. The average molecular weight is 210 g/mol. The highest BCUT2D eigenvalue weighted by Gasteiger charge is 2.20. The number of hydrogen-bond donors (Lipinski definition) is 1. The molecule has 0 spiro atoms. The standard InChI is InChI=1S/C12H16ClN/c1-2-5-14-12-7-9-3-4-11(13)6-10(9)8-12/h3-4,6,12,14H,2,5,7-8H2,1H3. The minimum absolute atomic E-state index is 0.628. The Morgan fingerprint density at radius 1 is 1.36 bits per heavy atom. The first-order chi connectivity index (χ1) is 6.79. The lowest BCUT2D eigenvalue weighted by Crippen LogP contribution is -2.29. The lowest BCUT2D eigenvalue weighted by Gasteiger charge is -2.09. The molecule has 0 aromatic heterocycles. The van der Waals surface area contributed by atoms with Crippen molar-refractivity contribution in [1.82, 2.24) is 5.32 Å². The Hall–Kier alpha value is -0.530. The molecular weight excluding hydrogens is 194 g/mol. The summed E-state index contributed by atoms with van der Waals surface area (Å²) < 4.78 is 0. The van der Waals surface area contributed by atoms with Crippen LogP contribution >= 0.6 is 11.6 Å². The molecule has 76 valence electrons. The molecule has 0 saturated carbocycles. The summed E-state index contributed by atoms with van der Waals surface area (Å²) in [4.78, 5) is 0. The molecular formula is C12H16ClN. The van der Waals surface area contributed by atoms with E-state index < -0.39 is 0 Å². The molecule has 0 bridgehead atoms. The molecule has 14 heavy (non-hydrogen) atoms. The van der Waals surface area contributed by atoms with Gasteiger partial charge in [-0.3, -0.25) is 0 Å². The second kappa shape index (κ2) is 4.33. The van der Waals surface area contributed by atoms with Crippen LogP contribution in [-0.4, -0.2) is 12.6 Å². The number of fused-ring (bicyclic) bond motifs is 1. The molecule has 1 unspecified atom stereocenters. The Morgan fingerprint density at radius 2 is 2.14 bits per heavy atom. The first-order valence-corrected chi connectivity index (χ1v) is 5.68. The first-order valence-electron chi connectivity index (χ1n) is 5.30. The molecule has 1 N–H and O–H groups in total. The zero-order chi connectivity index (χ0) is 9.97. The van der Waals surface area contributed by atoms with E-state index in [2.05, 4.69) is 24.4 Å². The van der Waals surface area contributed by atoms with Crippen molar-refractivity contribution < 1.29 is 0 Å². The number of nitrogens with one attached hydrogen (secondary N) is 1. The molecule has 2 rings (SSSR count). The van der Waals surface area contributed by atoms with E-state index in [4.69, 9.17) is 11.6 Å². The fraction of sp³-hybridized carbons (Fsp3) is 0.500. The molecule has 0 amide bonds. The molecule has 0 fully saturated rings. The van der Waals surface area contributed by atoms with Gasteiger partial charge in [-0.1, -0.05) is 24.6 Å². The topological polar surface area (TPSA) is 12.0 Å². The molecule has 1 aliphatic carbocycles. The van der Waals surface area contributed by atoms with Crippen molar-refractivity contribution in [3.8, 4) is 0 Å². The van der Waals surface area contributed by atoms with Gasteiger partial charge in [-0.05, 0) is 49.1 Å². The monoisotopic (exact) mass is 209 g/mol. The normalized spacial score (nSPS) is 19.7. The van der Waals surface area contributed by atoms with Crippen LogP contribution in [0.15, 0.2) is 18.2 Å². The summed E-state index contributed by atoms with van der Waals surface area (Å²) in [6.45, 7) is 3.32. The Morgan fingerprint density at radius 3 is 2.93 bits per heavy atom. The summed E-state index contributed by atoms with van der Waals surface area (Å²) >= 11 is 5.96. The van der Waals surface area contributed by atoms with Crippen LogP contribution in [0.4, 0.5) is 0 Å². The van der Waals surface area contributed by atoms with E-state index in [1.54, 1.807) is 0 Å². The number of hydrogen-bond acceptors (Lipinski definition) is 1. The van der Waals surface area contributed by atoms with Crippen LogP contribution in [-0.2, 0) is 12.8 Å². The fourth-order valence-corrected chi connectivity index (χ4v) is 2.27. The fourth-order valence-electron chi connectivity index (χ4n) is 2.08. The van der Waals surface area contributed by atoms with Crippen LogP contribution in [0.1, 0.15) is 24.5 Å². The van der Waals surface area contributed by atoms with Crippen molar-refractivity contribution in [3.63, 3.8) is 0 Å². The predicted molar refractivity (Wildman–Crippen MR) is 60.9 cm³/mol. The van der Waals surface area contributed by atoms with E-state index >= 15 is 0 Å². The highest BCUT2D eigenvalue weighted by molar-refractivity contribution is 6.30. The van der Waals surface area contributed by atoms with E-state index in [0.717, 1.165) is 24.4 Å². The maximum atomic E-state index is 5.96. The van der Waals surface area contributed by atoms with E-state index in [1.165, 1.54) is 17.5 Å². The van der Waals surface area contributed by atoms with Gasteiger partial charge >= 0.3 is 0 Å². The minimum atomic E-state index is 0.628. The molecule has 1 nitrogen and oxygen atoms in total. The number of rotatable bonds is 3. The average Bonchev–Trinajstić information content (AvgIpc) is 2.56. The maximum absolute atomic E-state index is 5.96. The molecule has 1 aromatic rings. The Balaban J connectivity index is 2.03. The van der Waals surface area contributed by atoms with Gasteiger partial charge in [-0.2, -0.15) is 0 Å². The van der Waals surface area contributed by atoms with Gasteiger partial charge in [0.2, 0.25) is 0 Å². The van der Waals surface area contributed by atoms with Crippen LogP contribution in [0, 0.1) is 0 Å². The van der Waals surface area contributed by atoms with Crippen LogP contribution in [0.3, 0.4) is 0 Å². The minimum Gasteiger partial charge on any atom is -0.313 e. The van der Waals surface area contributed by atoms with E-state index in [-0.39, 0.29) is 0 Å². The summed E-state index contributed by atoms with van der Waals surface area (Å²) in [5.41, 5.74) is 2.88. The molecule has 1 aromatic carbocycles. The van der Waals surface area contributed by atoms with Gasteiger partial charge < -0.3 is 5.32 Å². The van der Waals surface area contributed by atoms with Gasteiger partial charge in [-0.25, -0.2) is 0 Å². The third-order valence-electron chi connectivity index (χ3n) is 2.78. The quantitative estimate of drug-likeness (QED) is 0.808. The van der Waals surface area contributed by atoms with Crippen molar-refractivity contribution >= 4 is 11.6 Å². The third-order valence-corrected chi connectivity index (χ3v) is 3.02. The van der Waals surface area contributed by atoms with Crippen molar-refractivity contribution in [2.75, 3.05) is 6.54 Å². The van der Waals surface area contributed by atoms with Crippen molar-refractivity contribution in [2.45, 2.75) is 32.2 Å². The van der Waals surface area contributed by atoms with Crippen molar-refractivity contribution in [2.24, 2.45) is 0 Å². The molecule has 1 atom stereocenters. The smallest absolute Gasteiger partial charge is 0.0408 e. The molecule has 0 aliphatic heterocycles. The lowest BCUT2D eigenvalue weighted by atomic mass is 10.1. The van der Waals surface area contributed by atoms with Gasteiger partial charge in [-0.15, -0.1) is 0 Å². The van der Waals surface area contributed by atoms with E-state index in [0.29, 0.717) is 6.04 Å². The lowest BCUT2D eigenvalue weighted by molar-refractivity contribution is 0.531. The summed E-state index contributed by atoms with van der Waals surface area (Å²) in [5, 5.41) is 4.42. The van der Waals surface area contributed by atoms with Gasteiger partial charge in [0, 0.05) is 11.1 Å². The van der Waals surface area contributed by atoms with E-state index in [1.807, 2.05) is 6.07 Å². The molecule has 0 saturated heterocycles. The zero-order valence-electron chi connectivity index (χ0n) is 8.52. The molecule has 2 heteroatoms. The highest BCUT2D eigenvalue weighted by atomic mass is 35.5. The Labute approximate surface area is 90.5 Å². The predicted octanol–water partition coefficient (Wildman–Crippen LogP) is 2.81. The summed E-state index contributed by atoms with van der Waals surface area (Å²) in [7, 11) is 0. The molecule has 0 radical (unpaired) electrons. The SMILES string of the molecule is CCCNC1Cc2ccc(Cl)cc2C1. The Kier molecular flexibility index (Phi) is 3.09. The second-order valence-electron chi connectivity index (χ2n) is 3.97. The Bertz CT molecular complexity index is 322. The third kappa shape index (κ3) is 2.10. The zero-order valence-corrected chi connectivity index (χ0v) is 9.27. The summed E-state index contributed by atoms with van der Waals surface area (Å²) in [6.07, 6.45) is 3.50. The van der Waals surface area contributed by atoms with Crippen LogP contribution in [0.2, 0.25) is 5.02 Å². The van der Waals surface area contributed by atoms with Gasteiger partial charge in [0.05, 0.1) is 0 Å². The van der Waals surface area contributed by atoms with Gasteiger partial charge in [0.15, 0.2) is 0 Å². The van der Waals surface area contributed by atoms with Crippen LogP contribution in [0.5, 0.6) is 0 Å². The molecule has 0 heterocycles. The van der Waals surface area contributed by atoms with Crippen molar-refractivity contribution in [3.05, 3.63) is 34.3 Å². The van der Waals surface area contributed by atoms with Gasteiger partial charge in [0.25, 0.3) is 0 Å². The van der Waals surface area contributed by atoms with Crippen molar-refractivity contribution in [1.29, 1.82) is 0 Å². The van der Waals surface area contributed by atoms with Crippen LogP contribution in [0.25, 0.3) is 0 Å². The molecule has 1 aliphatic rings. The summed E-state index contributed by atoms with van der Waals surface area (Å²) in [6, 6.07) is 6.88. The van der Waals surface area contributed by atoms with Gasteiger partial charge in [0.1, 0.15) is 0 Å². The summed E-state index contributed by atoms with van der Waals surface area (Å²) in [5.74, 6) is 0. The number of benzene rings is 1. The second-order valence-corrected chi connectivity index (χ2v) is 4.41.